The van der Waals surface area contributed by atoms with Crippen molar-refractivity contribution < 1.29 is 4.42 Å². The second-order valence-electron chi connectivity index (χ2n) is 17.5. The summed E-state index contributed by atoms with van der Waals surface area (Å²) in [5, 5.41) is 9.35. The number of nitrogens with zero attached hydrogens (tertiary/aromatic N) is 3. The molecule has 0 N–H and O–H groups in total. The van der Waals surface area contributed by atoms with E-state index in [2.05, 4.69) is 230 Å². The molecule has 66 heavy (non-hydrogen) atoms. The highest BCUT2D eigenvalue weighted by atomic mass is 16.3. The molecule has 0 bridgehead atoms. The number of rotatable bonds is 7. The standard InChI is InChI=1S/C62H43N3O/c1-2-48-57(43-30-28-41(29-31-43)39-16-5-3-6-17-39)63-62(47-24-15-23-44(36-47)40-18-7-4-8-19-40)64-58(48)53-35-34-52-50-26-13-14-27-56(50)66-61(52)60(53)65-55-38-46-22-10-9-21-45(46)37-54(55)51-33-32-42-20-11-12-25-49(42)59(51)65/h3-38,48,58H,2H2,1H3. The Bertz CT molecular complexity index is 3910. The van der Waals surface area contributed by atoms with E-state index in [1.165, 1.54) is 43.4 Å². The fourth-order valence-corrected chi connectivity index (χ4v) is 10.6. The van der Waals surface area contributed by atoms with Gasteiger partial charge in [0.15, 0.2) is 11.4 Å². The molecule has 0 radical (unpaired) electrons. The first-order valence-corrected chi connectivity index (χ1v) is 23.0. The number of fused-ring (bicyclic) bond motifs is 9. The normalized spacial score (nSPS) is 15.3. The molecule has 4 heteroatoms. The molecule has 0 amide bonds. The molecule has 0 saturated carbocycles. The molecule has 0 saturated heterocycles. The molecular weight excluding hydrogens is 803 g/mol. The first-order chi connectivity index (χ1) is 32.7. The Kier molecular flexibility index (Phi) is 8.92. The maximum Gasteiger partial charge on any atom is 0.159 e. The molecule has 1 aliphatic heterocycles. The van der Waals surface area contributed by atoms with E-state index in [0.29, 0.717) is 0 Å². The SMILES string of the molecule is CCC1C(c2ccc(-c3ccccc3)cc2)=NC(c2cccc(-c3ccccc3)c2)=NC1c1ccc2c(oc3ccccc32)c1-n1c2cc3ccccc3cc2c2ccc3ccccc3c21. The highest BCUT2D eigenvalue weighted by Crippen LogP contribution is 2.47. The molecule has 312 valence electrons. The van der Waals surface area contributed by atoms with Crippen molar-refractivity contribution in [2.24, 2.45) is 15.9 Å². The third kappa shape index (κ3) is 6.13. The Morgan fingerprint density at radius 1 is 0.455 bits per heavy atom. The van der Waals surface area contributed by atoms with Gasteiger partial charge in [0.25, 0.3) is 0 Å². The Morgan fingerprint density at radius 2 is 1.06 bits per heavy atom. The van der Waals surface area contributed by atoms with Crippen LogP contribution in [0.15, 0.2) is 233 Å². The number of benzene rings is 10. The van der Waals surface area contributed by atoms with Gasteiger partial charge in [-0.05, 0) is 80.7 Å². The smallest absolute Gasteiger partial charge is 0.159 e. The van der Waals surface area contributed by atoms with Crippen LogP contribution in [0.5, 0.6) is 0 Å². The molecule has 2 atom stereocenters. The summed E-state index contributed by atoms with van der Waals surface area (Å²) in [5.41, 5.74) is 13.9. The van der Waals surface area contributed by atoms with Crippen LogP contribution in [0, 0.1) is 5.92 Å². The fraction of sp³-hybridized carbons (Fsp3) is 0.0645. The maximum atomic E-state index is 7.15. The van der Waals surface area contributed by atoms with E-state index in [4.69, 9.17) is 14.4 Å². The van der Waals surface area contributed by atoms with Gasteiger partial charge in [-0.3, -0.25) is 4.99 Å². The van der Waals surface area contributed by atoms with Crippen LogP contribution in [0.25, 0.3) is 93.2 Å². The summed E-state index contributed by atoms with van der Waals surface area (Å²) in [6.45, 7) is 2.28. The summed E-state index contributed by atoms with van der Waals surface area (Å²) in [6.07, 6.45) is 0.823. The van der Waals surface area contributed by atoms with Crippen molar-refractivity contribution in [1.82, 2.24) is 4.57 Å². The molecule has 0 fully saturated rings. The number of aromatic nitrogens is 1. The number of furan rings is 1. The van der Waals surface area contributed by atoms with Gasteiger partial charge < -0.3 is 8.98 Å². The van der Waals surface area contributed by atoms with Gasteiger partial charge in [0.1, 0.15) is 5.58 Å². The molecule has 4 nitrogen and oxygen atoms in total. The zero-order valence-electron chi connectivity index (χ0n) is 36.4. The summed E-state index contributed by atoms with van der Waals surface area (Å²) >= 11 is 0. The maximum absolute atomic E-state index is 7.15. The lowest BCUT2D eigenvalue weighted by atomic mass is 9.82. The van der Waals surface area contributed by atoms with Gasteiger partial charge in [0.05, 0.1) is 28.5 Å². The van der Waals surface area contributed by atoms with E-state index in [9.17, 15) is 0 Å². The molecule has 3 heterocycles. The summed E-state index contributed by atoms with van der Waals surface area (Å²) in [6, 6.07) is 78.3. The number of aliphatic imine (C=N–C) groups is 2. The number of amidine groups is 1. The molecular formula is C62H43N3O. The number of hydrogen-bond donors (Lipinski definition) is 0. The van der Waals surface area contributed by atoms with Crippen LogP contribution in [-0.2, 0) is 0 Å². The first-order valence-electron chi connectivity index (χ1n) is 23.0. The van der Waals surface area contributed by atoms with Crippen LogP contribution < -0.4 is 0 Å². The van der Waals surface area contributed by atoms with Gasteiger partial charge in [-0.2, -0.15) is 0 Å². The molecule has 0 aliphatic carbocycles. The van der Waals surface area contributed by atoms with E-state index < -0.39 is 0 Å². The van der Waals surface area contributed by atoms with Crippen LogP contribution in [0.2, 0.25) is 0 Å². The molecule has 10 aromatic carbocycles. The lowest BCUT2D eigenvalue weighted by molar-refractivity contribution is 0.530. The monoisotopic (exact) mass is 845 g/mol. The van der Waals surface area contributed by atoms with Gasteiger partial charge in [-0.25, -0.2) is 4.99 Å². The van der Waals surface area contributed by atoms with Crippen LogP contribution in [0.4, 0.5) is 0 Å². The van der Waals surface area contributed by atoms with Crippen LogP contribution in [0.1, 0.15) is 36.1 Å². The fourth-order valence-electron chi connectivity index (χ4n) is 10.6. The van der Waals surface area contributed by atoms with Crippen molar-refractivity contribution in [2.45, 2.75) is 19.4 Å². The molecule has 2 unspecified atom stereocenters. The highest BCUT2D eigenvalue weighted by molar-refractivity contribution is 6.22. The van der Waals surface area contributed by atoms with E-state index in [0.717, 1.165) is 84.4 Å². The zero-order chi connectivity index (χ0) is 43.7. The van der Waals surface area contributed by atoms with E-state index >= 15 is 0 Å². The average molecular weight is 846 g/mol. The minimum absolute atomic E-state index is 0.0557. The highest BCUT2D eigenvalue weighted by Gasteiger charge is 2.36. The molecule has 2 aromatic heterocycles. The Balaban J connectivity index is 1.12. The predicted octanol–water partition coefficient (Wildman–Crippen LogP) is 16.3. The lowest BCUT2D eigenvalue weighted by Gasteiger charge is -2.31. The molecule has 1 aliphatic rings. The minimum Gasteiger partial charge on any atom is -0.454 e. The van der Waals surface area contributed by atoms with Gasteiger partial charge in [-0.15, -0.1) is 0 Å². The van der Waals surface area contributed by atoms with Crippen molar-refractivity contribution in [3.05, 3.63) is 235 Å². The minimum atomic E-state index is -0.317. The number of para-hydroxylation sites is 1. The van der Waals surface area contributed by atoms with Crippen LogP contribution in [0.3, 0.4) is 0 Å². The quantitative estimate of drug-likeness (QED) is 0.158. The summed E-state index contributed by atoms with van der Waals surface area (Å²) in [4.78, 5) is 11.4. The number of hydrogen-bond acceptors (Lipinski definition) is 3. The average Bonchev–Trinajstić information content (AvgIpc) is 3.93. The second-order valence-corrected chi connectivity index (χ2v) is 17.5. The first kappa shape index (κ1) is 38.1. The van der Waals surface area contributed by atoms with Crippen molar-refractivity contribution in [2.75, 3.05) is 0 Å². The largest absolute Gasteiger partial charge is 0.454 e. The van der Waals surface area contributed by atoms with Gasteiger partial charge >= 0.3 is 0 Å². The Morgan fingerprint density at radius 3 is 1.83 bits per heavy atom. The van der Waals surface area contributed by atoms with Crippen molar-refractivity contribution >= 4 is 76.8 Å². The molecule has 12 aromatic rings. The van der Waals surface area contributed by atoms with E-state index in [-0.39, 0.29) is 12.0 Å². The summed E-state index contributed by atoms with van der Waals surface area (Å²) in [7, 11) is 0. The van der Waals surface area contributed by atoms with Crippen LogP contribution >= 0.6 is 0 Å². The lowest BCUT2D eigenvalue weighted by Crippen LogP contribution is -2.29. The van der Waals surface area contributed by atoms with E-state index in [1.807, 2.05) is 0 Å². The molecule has 13 rings (SSSR count). The third-order valence-corrected chi connectivity index (χ3v) is 13.8. The van der Waals surface area contributed by atoms with Crippen LogP contribution in [-0.4, -0.2) is 16.1 Å². The topological polar surface area (TPSA) is 42.8 Å². The van der Waals surface area contributed by atoms with E-state index in [1.54, 1.807) is 0 Å². The Hall–Kier alpha value is -8.34. The van der Waals surface area contributed by atoms with Gasteiger partial charge in [0, 0.05) is 44.0 Å². The van der Waals surface area contributed by atoms with Gasteiger partial charge in [-0.1, -0.05) is 195 Å². The Labute approximate surface area is 382 Å². The summed E-state index contributed by atoms with van der Waals surface area (Å²) < 4.78 is 9.66. The predicted molar refractivity (Wildman–Crippen MR) is 276 cm³/mol. The van der Waals surface area contributed by atoms with Gasteiger partial charge in [0.2, 0.25) is 0 Å². The third-order valence-electron chi connectivity index (χ3n) is 13.8. The van der Waals surface area contributed by atoms with Crippen molar-refractivity contribution in [3.63, 3.8) is 0 Å². The zero-order valence-corrected chi connectivity index (χ0v) is 36.4. The molecule has 0 spiro atoms. The van der Waals surface area contributed by atoms with Crippen molar-refractivity contribution in [1.29, 1.82) is 0 Å². The second kappa shape index (κ2) is 15.4. The van der Waals surface area contributed by atoms with Crippen molar-refractivity contribution in [3.8, 4) is 27.9 Å². The summed E-state index contributed by atoms with van der Waals surface area (Å²) in [5.74, 6) is 0.666.